The van der Waals surface area contributed by atoms with E-state index < -0.39 is 12.5 Å². The quantitative estimate of drug-likeness (QED) is 0.722. The summed E-state index contributed by atoms with van der Waals surface area (Å²) in [6.45, 7) is 1.84. The second-order valence-electron chi connectivity index (χ2n) is 7.00. The number of halogens is 2. The van der Waals surface area contributed by atoms with E-state index in [0.29, 0.717) is 24.3 Å². The SMILES string of the molecule is CC(C(=O)Nc1ccc(OC(F)F)cc1)N1CCN(c2ccc(C(N)=O)cc2)CC1. The molecule has 1 unspecified atom stereocenters. The van der Waals surface area contributed by atoms with Crippen molar-refractivity contribution >= 4 is 23.2 Å². The molecule has 1 aliphatic heterocycles. The van der Waals surface area contributed by atoms with E-state index in [-0.39, 0.29) is 17.7 Å². The Hall–Kier alpha value is -3.20. The zero-order valence-electron chi connectivity index (χ0n) is 16.6. The van der Waals surface area contributed by atoms with Crippen LogP contribution >= 0.6 is 0 Å². The topological polar surface area (TPSA) is 87.9 Å². The molecule has 2 aromatic rings. The summed E-state index contributed by atoms with van der Waals surface area (Å²) < 4.78 is 28.7. The fourth-order valence-corrected chi connectivity index (χ4v) is 3.34. The zero-order chi connectivity index (χ0) is 21.7. The summed E-state index contributed by atoms with van der Waals surface area (Å²) in [5.74, 6) is -0.588. The number of primary amides is 1. The van der Waals surface area contributed by atoms with Crippen molar-refractivity contribution in [2.24, 2.45) is 5.73 Å². The number of carbonyl (C=O) groups excluding carboxylic acids is 2. The highest BCUT2D eigenvalue weighted by molar-refractivity contribution is 5.94. The lowest BCUT2D eigenvalue weighted by molar-refractivity contribution is -0.120. The Morgan fingerprint density at radius 1 is 1.00 bits per heavy atom. The van der Waals surface area contributed by atoms with Crippen molar-refractivity contribution in [3.63, 3.8) is 0 Å². The number of nitrogens with one attached hydrogen (secondary N) is 1. The fraction of sp³-hybridized carbons (Fsp3) is 0.333. The van der Waals surface area contributed by atoms with E-state index in [4.69, 9.17) is 5.73 Å². The zero-order valence-corrected chi connectivity index (χ0v) is 16.6. The predicted molar refractivity (Wildman–Crippen MR) is 110 cm³/mol. The Morgan fingerprint density at radius 2 is 1.60 bits per heavy atom. The minimum atomic E-state index is -2.88. The first-order chi connectivity index (χ1) is 14.3. The molecule has 9 heteroatoms. The number of alkyl halides is 2. The van der Waals surface area contributed by atoms with Crippen LogP contribution in [0.15, 0.2) is 48.5 Å². The second kappa shape index (κ2) is 9.53. The molecule has 1 fully saturated rings. The molecule has 30 heavy (non-hydrogen) atoms. The number of ether oxygens (including phenoxy) is 1. The Labute approximate surface area is 173 Å². The Kier molecular flexibility index (Phi) is 6.83. The fourth-order valence-electron chi connectivity index (χ4n) is 3.34. The van der Waals surface area contributed by atoms with Crippen molar-refractivity contribution < 1.29 is 23.1 Å². The molecule has 1 aliphatic rings. The van der Waals surface area contributed by atoms with Crippen LogP contribution in [0, 0.1) is 0 Å². The van der Waals surface area contributed by atoms with Gasteiger partial charge in [0.25, 0.3) is 0 Å². The minimum Gasteiger partial charge on any atom is -0.435 e. The summed E-state index contributed by atoms with van der Waals surface area (Å²) in [5.41, 5.74) is 7.26. The van der Waals surface area contributed by atoms with Crippen molar-refractivity contribution in [2.45, 2.75) is 19.6 Å². The highest BCUT2D eigenvalue weighted by atomic mass is 19.3. The van der Waals surface area contributed by atoms with Gasteiger partial charge in [-0.3, -0.25) is 14.5 Å². The van der Waals surface area contributed by atoms with Gasteiger partial charge >= 0.3 is 6.61 Å². The monoisotopic (exact) mass is 418 g/mol. The largest absolute Gasteiger partial charge is 0.435 e. The Bertz CT molecular complexity index is 867. The van der Waals surface area contributed by atoms with Gasteiger partial charge in [0.1, 0.15) is 5.75 Å². The number of carbonyl (C=O) groups is 2. The number of nitrogens with two attached hydrogens (primary N) is 1. The van der Waals surface area contributed by atoms with E-state index in [1.807, 2.05) is 19.1 Å². The molecular weight excluding hydrogens is 394 g/mol. The molecule has 1 atom stereocenters. The molecule has 2 amide bonds. The lowest BCUT2D eigenvalue weighted by atomic mass is 10.1. The van der Waals surface area contributed by atoms with Gasteiger partial charge in [0.05, 0.1) is 6.04 Å². The van der Waals surface area contributed by atoms with Gasteiger partial charge in [0.15, 0.2) is 0 Å². The number of nitrogens with zero attached hydrogens (tertiary/aromatic N) is 2. The third kappa shape index (κ3) is 5.44. The van der Waals surface area contributed by atoms with Crippen LogP contribution in [0.5, 0.6) is 5.75 Å². The molecule has 3 N–H and O–H groups in total. The van der Waals surface area contributed by atoms with Crippen LogP contribution < -0.4 is 20.7 Å². The summed E-state index contributed by atoms with van der Waals surface area (Å²) in [6.07, 6.45) is 0. The van der Waals surface area contributed by atoms with Gasteiger partial charge in [0.2, 0.25) is 11.8 Å². The smallest absolute Gasteiger partial charge is 0.387 e. The first kappa shape index (κ1) is 21.5. The van der Waals surface area contributed by atoms with Crippen LogP contribution in [0.25, 0.3) is 0 Å². The predicted octanol–water partition coefficient (Wildman–Crippen LogP) is 2.54. The molecular formula is C21H24F2N4O3. The average molecular weight is 418 g/mol. The van der Waals surface area contributed by atoms with E-state index >= 15 is 0 Å². The molecule has 2 aromatic carbocycles. The highest BCUT2D eigenvalue weighted by Crippen LogP contribution is 2.20. The van der Waals surface area contributed by atoms with E-state index in [9.17, 15) is 18.4 Å². The number of amides is 2. The molecule has 3 rings (SSSR count). The normalized spacial score (nSPS) is 15.7. The Morgan fingerprint density at radius 3 is 2.13 bits per heavy atom. The van der Waals surface area contributed by atoms with Crippen LogP contribution in [-0.2, 0) is 4.79 Å². The van der Waals surface area contributed by atoms with Crippen LogP contribution in [0.2, 0.25) is 0 Å². The first-order valence-electron chi connectivity index (χ1n) is 9.58. The molecule has 0 aliphatic carbocycles. The molecule has 0 spiro atoms. The van der Waals surface area contributed by atoms with Crippen LogP contribution in [0.1, 0.15) is 17.3 Å². The van der Waals surface area contributed by atoms with Crippen molar-refractivity contribution in [1.82, 2.24) is 4.90 Å². The maximum Gasteiger partial charge on any atom is 0.387 e. The summed E-state index contributed by atoms with van der Waals surface area (Å²) >= 11 is 0. The van der Waals surface area contributed by atoms with Gasteiger partial charge in [-0.05, 0) is 55.5 Å². The molecule has 0 aromatic heterocycles. The lowest BCUT2D eigenvalue weighted by Gasteiger charge is -2.38. The maximum atomic E-state index is 12.6. The summed E-state index contributed by atoms with van der Waals surface area (Å²) in [6, 6.07) is 12.6. The van der Waals surface area contributed by atoms with Crippen molar-refractivity contribution in [3.8, 4) is 5.75 Å². The van der Waals surface area contributed by atoms with Gasteiger partial charge in [-0.25, -0.2) is 0 Å². The summed E-state index contributed by atoms with van der Waals surface area (Å²) in [7, 11) is 0. The number of piperazine rings is 1. The molecule has 0 saturated carbocycles. The van der Waals surface area contributed by atoms with Gasteiger partial charge in [-0.1, -0.05) is 0 Å². The lowest BCUT2D eigenvalue weighted by Crippen LogP contribution is -2.52. The first-order valence-corrected chi connectivity index (χ1v) is 9.58. The van der Waals surface area contributed by atoms with E-state index in [0.717, 1.165) is 18.8 Å². The third-order valence-electron chi connectivity index (χ3n) is 5.11. The average Bonchev–Trinajstić information content (AvgIpc) is 2.74. The van der Waals surface area contributed by atoms with E-state index in [1.165, 1.54) is 24.3 Å². The van der Waals surface area contributed by atoms with Gasteiger partial charge < -0.3 is 20.7 Å². The van der Waals surface area contributed by atoms with Gasteiger partial charge in [-0.2, -0.15) is 8.78 Å². The third-order valence-corrected chi connectivity index (χ3v) is 5.11. The van der Waals surface area contributed by atoms with E-state index in [1.54, 1.807) is 12.1 Å². The standard InChI is InChI=1S/C21H24F2N4O3/c1-14(20(29)25-16-4-8-18(9-5-16)30-21(22)23)26-10-12-27(13-11-26)17-6-2-15(3-7-17)19(24)28/h2-9,14,21H,10-13H2,1H3,(H2,24,28)(H,25,29). The Balaban J connectivity index is 1.51. The molecule has 0 bridgehead atoms. The van der Waals surface area contributed by atoms with Gasteiger partial charge in [0, 0.05) is 43.1 Å². The molecule has 0 radical (unpaired) electrons. The number of benzene rings is 2. The molecule has 160 valence electrons. The van der Waals surface area contributed by atoms with Crippen LogP contribution in [-0.4, -0.2) is 55.5 Å². The van der Waals surface area contributed by atoms with Crippen LogP contribution in [0.4, 0.5) is 20.2 Å². The number of rotatable bonds is 7. The molecule has 1 saturated heterocycles. The number of hydrogen-bond acceptors (Lipinski definition) is 5. The number of anilines is 2. The second-order valence-corrected chi connectivity index (χ2v) is 7.00. The van der Waals surface area contributed by atoms with Crippen molar-refractivity contribution in [1.29, 1.82) is 0 Å². The highest BCUT2D eigenvalue weighted by Gasteiger charge is 2.26. The summed E-state index contributed by atoms with van der Waals surface area (Å²) in [4.78, 5) is 28.0. The number of hydrogen-bond donors (Lipinski definition) is 2. The molecule has 1 heterocycles. The van der Waals surface area contributed by atoms with Gasteiger partial charge in [-0.15, -0.1) is 0 Å². The summed E-state index contributed by atoms with van der Waals surface area (Å²) in [5, 5.41) is 2.80. The van der Waals surface area contributed by atoms with Crippen LogP contribution in [0.3, 0.4) is 0 Å². The van der Waals surface area contributed by atoms with E-state index in [2.05, 4.69) is 19.9 Å². The maximum absolute atomic E-state index is 12.6. The van der Waals surface area contributed by atoms with Crippen molar-refractivity contribution in [2.75, 3.05) is 36.4 Å². The van der Waals surface area contributed by atoms with Crippen molar-refractivity contribution in [3.05, 3.63) is 54.1 Å². The minimum absolute atomic E-state index is 0.0380. The molecule has 7 nitrogen and oxygen atoms in total.